The SMILES string of the molecule is CB1SB(C)c2cscc21.CB1c2ccccc2B(C)c2ccccc21.CB1c2cscc2B(C)c2cscc21.C[B]C(CC)=C([B]C)CC.C[B]c1ccccc1[B]C.[Y].[Y]. The van der Waals surface area contributed by atoms with Crippen molar-refractivity contribution in [3.8, 4) is 0 Å². The average molecular weight is 1030 g/mol. The minimum absolute atomic E-state index is 0. The Morgan fingerprint density at radius 1 is 0.403 bits per heavy atom. The third-order valence-corrected chi connectivity index (χ3v) is 16.3. The van der Waals surface area contributed by atoms with Crippen LogP contribution in [-0.4, -0.2) is 68.0 Å². The number of hydrogen-bond acceptors (Lipinski definition) is 4. The predicted octanol–water partition coefficient (Wildman–Crippen LogP) is 5.19. The second-order valence-corrected chi connectivity index (χ2v) is 19.9. The number of benzene rings is 3. The maximum atomic E-state index is 2.32. The summed E-state index contributed by atoms with van der Waals surface area (Å²) in [7, 11) is 8.66. The monoisotopic (exact) mass is 1030 g/mol. The quantitative estimate of drug-likeness (QED) is 0.208. The van der Waals surface area contributed by atoms with Crippen molar-refractivity contribution in [3.05, 3.63) is 116 Å². The molecule has 0 N–H and O–H groups in total. The van der Waals surface area contributed by atoms with Gasteiger partial charge in [-0.2, -0.15) is 34.0 Å². The summed E-state index contributed by atoms with van der Waals surface area (Å²) in [5, 5.41) is 13.8. The van der Waals surface area contributed by atoms with Gasteiger partial charge in [0.05, 0.1) is 0 Å². The van der Waals surface area contributed by atoms with Gasteiger partial charge < -0.3 is 0 Å². The second-order valence-electron chi connectivity index (χ2n) is 16.0. The Morgan fingerprint density at radius 2 is 0.661 bits per heavy atom. The summed E-state index contributed by atoms with van der Waals surface area (Å²) in [5.74, 6) is 1.47. The summed E-state index contributed by atoms with van der Waals surface area (Å²) in [4.78, 5) is 0. The van der Waals surface area contributed by atoms with Crippen molar-refractivity contribution in [3.63, 3.8) is 0 Å². The molecule has 6 radical (unpaired) electrons. The molecule has 3 aliphatic rings. The average Bonchev–Trinajstić information content (AvgIpc) is 4.13. The molecular formula is C46H58B10S4Y2. The van der Waals surface area contributed by atoms with Crippen LogP contribution in [0.2, 0.25) is 68.2 Å². The van der Waals surface area contributed by atoms with Gasteiger partial charge in [0.2, 0.25) is 38.8 Å². The summed E-state index contributed by atoms with van der Waals surface area (Å²) >= 11 is 7.58. The summed E-state index contributed by atoms with van der Waals surface area (Å²) in [6.07, 6.45) is 2.31. The summed E-state index contributed by atoms with van der Waals surface area (Å²) in [5.41, 5.74) is 20.9. The smallest absolute Gasteiger partial charge is 0.227 e. The van der Waals surface area contributed by atoms with E-state index in [1.165, 1.54) is 43.7 Å². The zero-order valence-electron chi connectivity index (χ0n) is 39.4. The molecular weight excluding hydrogens is 967 g/mol. The van der Waals surface area contributed by atoms with Crippen LogP contribution in [0.15, 0.2) is 116 Å². The summed E-state index contributed by atoms with van der Waals surface area (Å²) < 4.78 is 0. The van der Waals surface area contributed by atoms with Gasteiger partial charge in [-0.15, -0.1) is 10.9 Å². The Bertz CT molecular complexity index is 2040. The van der Waals surface area contributed by atoms with Crippen LogP contribution in [0.5, 0.6) is 0 Å². The van der Waals surface area contributed by atoms with Gasteiger partial charge in [-0.05, 0) is 45.1 Å². The molecule has 0 aliphatic carbocycles. The molecule has 16 heteroatoms. The normalized spacial score (nSPS) is 12.7. The van der Waals surface area contributed by atoms with E-state index >= 15 is 0 Å². The van der Waals surface area contributed by atoms with Crippen LogP contribution in [-0.2, 0) is 65.4 Å². The zero-order chi connectivity index (χ0) is 43.3. The Labute approximate surface area is 449 Å². The van der Waals surface area contributed by atoms with Gasteiger partial charge in [0, 0.05) is 65.4 Å². The fraction of sp³-hybridized carbons (Fsp3) is 0.304. The van der Waals surface area contributed by atoms with E-state index < -0.39 is 0 Å². The first-order chi connectivity index (χ1) is 29.0. The third-order valence-electron chi connectivity index (χ3n) is 12.7. The molecule has 0 unspecified atom stereocenters. The maximum absolute atomic E-state index is 2.32. The molecule has 6 aromatic rings. The number of rotatable bonds is 6. The van der Waals surface area contributed by atoms with Gasteiger partial charge in [0.15, 0.2) is 0 Å². The van der Waals surface area contributed by atoms with Gasteiger partial charge in [0.1, 0.15) is 29.1 Å². The largest absolute Gasteiger partial charge is 0.244 e. The van der Waals surface area contributed by atoms with Crippen LogP contribution in [0.4, 0.5) is 0 Å². The van der Waals surface area contributed by atoms with Gasteiger partial charge >= 0.3 is 0 Å². The predicted molar refractivity (Wildman–Crippen MR) is 299 cm³/mol. The van der Waals surface area contributed by atoms with Crippen molar-refractivity contribution in [2.24, 2.45) is 0 Å². The van der Waals surface area contributed by atoms with Crippen LogP contribution >= 0.6 is 45.5 Å². The Hall–Kier alpha value is -0.293. The molecule has 3 aromatic carbocycles. The van der Waals surface area contributed by atoms with E-state index in [0.29, 0.717) is 26.9 Å². The first-order valence-corrected chi connectivity index (χ1v) is 25.8. The van der Waals surface area contributed by atoms with Crippen molar-refractivity contribution >= 4 is 179 Å². The Balaban J connectivity index is 0.000000208. The molecule has 0 spiro atoms. The molecule has 0 bridgehead atoms. The number of thiophene rings is 3. The van der Waals surface area contributed by atoms with E-state index in [4.69, 9.17) is 0 Å². The van der Waals surface area contributed by atoms with Crippen LogP contribution in [0, 0.1) is 0 Å². The van der Waals surface area contributed by atoms with Gasteiger partial charge in [0.25, 0.3) is 0 Å². The third kappa shape index (κ3) is 13.7. The zero-order valence-corrected chi connectivity index (χ0v) is 48.3. The molecule has 0 saturated carbocycles. The molecule has 6 heterocycles. The van der Waals surface area contributed by atoms with Crippen molar-refractivity contribution in [2.45, 2.75) is 94.9 Å². The van der Waals surface area contributed by atoms with Crippen LogP contribution in [0.3, 0.4) is 0 Å². The number of fused-ring (bicyclic) bond motifs is 5. The van der Waals surface area contributed by atoms with Gasteiger partial charge in [-0.3, -0.25) is 0 Å². The summed E-state index contributed by atoms with van der Waals surface area (Å²) in [6, 6.07) is 26.0. The fourth-order valence-electron chi connectivity index (χ4n) is 9.01. The molecule has 0 atom stereocenters. The molecule has 62 heavy (non-hydrogen) atoms. The minimum Gasteiger partial charge on any atom is -0.244 e. The van der Waals surface area contributed by atoms with Crippen LogP contribution in [0.1, 0.15) is 26.7 Å². The van der Waals surface area contributed by atoms with E-state index in [9.17, 15) is 0 Å². The van der Waals surface area contributed by atoms with E-state index in [2.05, 4.69) is 228 Å². The van der Waals surface area contributed by atoms with Gasteiger partial charge in [-0.1, -0.05) is 220 Å². The first-order valence-electron chi connectivity index (χ1n) is 22.0. The van der Waals surface area contributed by atoms with Crippen molar-refractivity contribution < 1.29 is 65.4 Å². The van der Waals surface area contributed by atoms with Gasteiger partial charge in [-0.25, -0.2) is 11.5 Å². The van der Waals surface area contributed by atoms with E-state index in [1.54, 1.807) is 32.8 Å². The molecule has 3 aliphatic heterocycles. The van der Waals surface area contributed by atoms with Crippen LogP contribution < -0.4 is 65.6 Å². The van der Waals surface area contributed by atoms with Crippen LogP contribution in [0.25, 0.3) is 0 Å². The Kier molecular flexibility index (Phi) is 25.4. The summed E-state index contributed by atoms with van der Waals surface area (Å²) in [6.45, 7) is 28.9. The molecule has 0 amide bonds. The molecule has 0 fully saturated rings. The Morgan fingerprint density at radius 3 is 0.919 bits per heavy atom. The van der Waals surface area contributed by atoms with Crippen molar-refractivity contribution in [1.29, 1.82) is 0 Å². The first kappa shape index (κ1) is 56.0. The minimum atomic E-state index is 0. The topological polar surface area (TPSA) is 0 Å². The fourth-order valence-corrected chi connectivity index (χ4v) is 13.6. The molecule has 3 aromatic heterocycles. The van der Waals surface area contributed by atoms with E-state index in [1.807, 2.05) is 34.0 Å². The molecule has 9 rings (SSSR count). The molecule has 0 nitrogen and oxygen atoms in total. The molecule has 0 saturated heterocycles. The van der Waals surface area contributed by atoms with E-state index in [-0.39, 0.29) is 65.4 Å². The maximum Gasteiger partial charge on any atom is 0.227 e. The van der Waals surface area contributed by atoms with Crippen molar-refractivity contribution in [1.82, 2.24) is 0 Å². The second kappa shape index (κ2) is 28.1. The number of allylic oxidation sites excluding steroid dienone is 2. The van der Waals surface area contributed by atoms with Crippen molar-refractivity contribution in [2.75, 3.05) is 0 Å². The number of hydrogen-bond donors (Lipinski definition) is 0. The molecule has 302 valence electrons. The standard InChI is InChI=1S/C14H14B2.C10H10B2S2.C8H10B2.C8H16B2.C6H8B2S2.2Y/c1-15-11-7-3-5-9-13(11)16(2)14-10-6-4-8-12(14)15;1-11-7-3-13-5-9(7)12(2)10-6-14-4-8(10)11;1-9-7-5-3-4-6-8(7)10-2;1-5-7(9-3)8(6-2)10-4;1-7-5-3-9-4-6(5)8(2)10-7;;/h3-10H,1-2H3;3-6H,1-2H3;3-6H,1-2H3;5-6H2,1-4H3;3-4H,1-2H3;;. The van der Waals surface area contributed by atoms with E-state index in [0.717, 1.165) is 24.8 Å².